The maximum Gasteiger partial charge on any atom is -0.00916 e. The number of hydrogen-bond acceptors (Lipinski definition) is 0. The molecule has 0 saturated heterocycles. The molecule has 0 heterocycles. The third kappa shape index (κ3) is 2.09. The fourth-order valence-corrected chi connectivity index (χ4v) is 1.69. The average Bonchev–Trinajstić information content (AvgIpc) is 2.47. The zero-order valence-corrected chi connectivity index (χ0v) is 7.74. The van der Waals surface area contributed by atoms with Gasteiger partial charge in [-0.05, 0) is 30.4 Å². The summed E-state index contributed by atoms with van der Waals surface area (Å²) in [5.41, 5.74) is 2.97. The number of rotatable bonds is 1. The molecular weight excluding hydrogens is 156 g/mol. The Morgan fingerprint density at radius 1 is 0.769 bits per heavy atom. The molecular formula is C13H14. The lowest BCUT2D eigenvalue weighted by Crippen LogP contribution is -1.91. The van der Waals surface area contributed by atoms with Gasteiger partial charge in [-0.2, -0.15) is 0 Å². The van der Waals surface area contributed by atoms with E-state index in [2.05, 4.69) is 48.6 Å². The minimum atomic E-state index is 1.08. The zero-order chi connectivity index (χ0) is 8.93. The van der Waals surface area contributed by atoms with E-state index in [9.17, 15) is 0 Å². The van der Waals surface area contributed by atoms with Crippen LogP contribution >= 0.6 is 0 Å². The van der Waals surface area contributed by atoms with Crippen LogP contribution < -0.4 is 0 Å². The quantitative estimate of drug-likeness (QED) is 0.562. The lowest BCUT2D eigenvalue weighted by atomic mass is 9.95. The molecule has 2 aliphatic rings. The molecule has 0 bridgehead atoms. The fraction of sp³-hybridized carbons (Fsp3) is 0.231. The van der Waals surface area contributed by atoms with Crippen molar-refractivity contribution >= 4 is 0 Å². The van der Waals surface area contributed by atoms with Crippen LogP contribution in [0.25, 0.3) is 0 Å². The van der Waals surface area contributed by atoms with Crippen molar-refractivity contribution < 1.29 is 0 Å². The summed E-state index contributed by atoms with van der Waals surface area (Å²) in [7, 11) is 0. The molecule has 0 unspecified atom stereocenters. The van der Waals surface area contributed by atoms with Crippen LogP contribution in [0.15, 0.2) is 59.8 Å². The van der Waals surface area contributed by atoms with Crippen LogP contribution in [0.4, 0.5) is 0 Å². The summed E-state index contributed by atoms with van der Waals surface area (Å²) in [5, 5.41) is 0. The summed E-state index contributed by atoms with van der Waals surface area (Å²) in [6, 6.07) is 0. The van der Waals surface area contributed by atoms with E-state index in [4.69, 9.17) is 0 Å². The highest BCUT2D eigenvalue weighted by atomic mass is 14.1. The van der Waals surface area contributed by atoms with E-state index in [1.807, 2.05) is 0 Å². The predicted octanol–water partition coefficient (Wildman–Crippen LogP) is 3.71. The number of allylic oxidation sites excluding steroid dienone is 10. The first-order valence-corrected chi connectivity index (χ1v) is 4.85. The maximum absolute atomic E-state index is 2.24. The van der Waals surface area contributed by atoms with Crippen LogP contribution in [0.5, 0.6) is 0 Å². The highest BCUT2D eigenvalue weighted by Crippen LogP contribution is 2.24. The zero-order valence-electron chi connectivity index (χ0n) is 7.74. The van der Waals surface area contributed by atoms with Crippen molar-refractivity contribution in [2.75, 3.05) is 0 Å². The molecule has 0 aromatic carbocycles. The second-order valence-electron chi connectivity index (χ2n) is 3.37. The molecule has 0 saturated carbocycles. The normalized spacial score (nSPS) is 20.9. The third-order valence-electron chi connectivity index (χ3n) is 2.42. The monoisotopic (exact) mass is 170 g/mol. The highest BCUT2D eigenvalue weighted by molar-refractivity contribution is 5.41. The van der Waals surface area contributed by atoms with E-state index < -0.39 is 0 Å². The van der Waals surface area contributed by atoms with E-state index in [-0.39, 0.29) is 0 Å². The van der Waals surface area contributed by atoms with Crippen molar-refractivity contribution in [2.45, 2.75) is 19.3 Å². The van der Waals surface area contributed by atoms with Crippen LogP contribution in [-0.2, 0) is 0 Å². The second kappa shape index (κ2) is 4.08. The summed E-state index contributed by atoms with van der Waals surface area (Å²) >= 11 is 0. The fourth-order valence-electron chi connectivity index (χ4n) is 1.69. The van der Waals surface area contributed by atoms with E-state index in [0.717, 1.165) is 6.42 Å². The van der Waals surface area contributed by atoms with Crippen molar-refractivity contribution in [3.63, 3.8) is 0 Å². The molecule has 0 heteroatoms. The Labute approximate surface area is 79.7 Å². The minimum absolute atomic E-state index is 1.08. The van der Waals surface area contributed by atoms with Crippen LogP contribution in [0.1, 0.15) is 19.3 Å². The lowest BCUT2D eigenvalue weighted by Gasteiger charge is -2.10. The van der Waals surface area contributed by atoms with E-state index >= 15 is 0 Å². The molecule has 0 aromatic rings. The molecule has 2 rings (SSSR count). The second-order valence-corrected chi connectivity index (χ2v) is 3.37. The van der Waals surface area contributed by atoms with Crippen LogP contribution in [0.2, 0.25) is 0 Å². The molecule has 0 spiro atoms. The van der Waals surface area contributed by atoms with Crippen molar-refractivity contribution in [1.29, 1.82) is 0 Å². The molecule has 0 atom stereocenters. The molecule has 0 aliphatic heterocycles. The first-order chi connectivity index (χ1) is 6.47. The standard InChI is InChI=1S/C13H14/c1-2-5-9-12(8-4-1)13-10-6-3-7-11-13/h1-6,8,10H,7,9,11H2. The third-order valence-corrected chi connectivity index (χ3v) is 2.42. The van der Waals surface area contributed by atoms with Gasteiger partial charge in [-0.3, -0.25) is 0 Å². The Kier molecular flexibility index (Phi) is 2.61. The Morgan fingerprint density at radius 3 is 2.54 bits per heavy atom. The molecule has 0 radical (unpaired) electrons. The van der Waals surface area contributed by atoms with Gasteiger partial charge in [0.1, 0.15) is 0 Å². The Morgan fingerprint density at radius 2 is 1.69 bits per heavy atom. The van der Waals surface area contributed by atoms with Gasteiger partial charge in [-0.1, -0.05) is 48.6 Å². The van der Waals surface area contributed by atoms with Gasteiger partial charge in [0.15, 0.2) is 0 Å². The minimum Gasteiger partial charge on any atom is -0.0842 e. The van der Waals surface area contributed by atoms with Gasteiger partial charge in [0.2, 0.25) is 0 Å². The van der Waals surface area contributed by atoms with E-state index in [1.165, 1.54) is 24.0 Å². The van der Waals surface area contributed by atoms with Crippen LogP contribution in [0, 0.1) is 0 Å². The Bertz CT molecular complexity index is 322. The summed E-state index contributed by atoms with van der Waals surface area (Å²) < 4.78 is 0. The maximum atomic E-state index is 2.24. The number of hydrogen-bond donors (Lipinski definition) is 0. The van der Waals surface area contributed by atoms with Crippen LogP contribution in [-0.4, -0.2) is 0 Å². The lowest BCUT2D eigenvalue weighted by molar-refractivity contribution is 0.955. The molecule has 0 nitrogen and oxygen atoms in total. The van der Waals surface area contributed by atoms with Crippen molar-refractivity contribution in [3.8, 4) is 0 Å². The van der Waals surface area contributed by atoms with Gasteiger partial charge in [-0.15, -0.1) is 0 Å². The van der Waals surface area contributed by atoms with E-state index in [1.54, 1.807) is 0 Å². The van der Waals surface area contributed by atoms with Gasteiger partial charge in [0.25, 0.3) is 0 Å². The average molecular weight is 170 g/mol. The summed E-state index contributed by atoms with van der Waals surface area (Å²) in [6.45, 7) is 0. The summed E-state index contributed by atoms with van der Waals surface area (Å²) in [6.07, 6.45) is 20.9. The van der Waals surface area contributed by atoms with E-state index in [0.29, 0.717) is 0 Å². The summed E-state index contributed by atoms with van der Waals surface area (Å²) in [4.78, 5) is 0. The molecule has 0 fully saturated rings. The van der Waals surface area contributed by atoms with Crippen molar-refractivity contribution in [1.82, 2.24) is 0 Å². The molecule has 0 amide bonds. The molecule has 0 N–H and O–H groups in total. The van der Waals surface area contributed by atoms with Gasteiger partial charge in [-0.25, -0.2) is 0 Å². The Balaban J connectivity index is 2.20. The smallest absolute Gasteiger partial charge is 0.00916 e. The van der Waals surface area contributed by atoms with Crippen molar-refractivity contribution in [2.24, 2.45) is 0 Å². The first-order valence-electron chi connectivity index (χ1n) is 4.85. The van der Waals surface area contributed by atoms with Gasteiger partial charge < -0.3 is 0 Å². The molecule has 2 aliphatic carbocycles. The van der Waals surface area contributed by atoms with Gasteiger partial charge in [0.05, 0.1) is 0 Å². The predicted molar refractivity (Wildman–Crippen MR) is 57.4 cm³/mol. The van der Waals surface area contributed by atoms with Gasteiger partial charge in [0, 0.05) is 0 Å². The highest BCUT2D eigenvalue weighted by Gasteiger charge is 2.04. The molecule has 66 valence electrons. The van der Waals surface area contributed by atoms with Crippen LogP contribution in [0.3, 0.4) is 0 Å². The molecule has 0 aromatic heterocycles. The largest absolute Gasteiger partial charge is 0.0842 e. The summed E-state index contributed by atoms with van der Waals surface area (Å²) in [5.74, 6) is 0. The molecule has 13 heavy (non-hydrogen) atoms. The topological polar surface area (TPSA) is 0 Å². The van der Waals surface area contributed by atoms with Crippen molar-refractivity contribution in [3.05, 3.63) is 59.8 Å². The SMILES string of the molecule is C1=CC=C(C2=CC=CCC2)CC=C1. The first kappa shape index (κ1) is 8.31. The Hall–Kier alpha value is -1.30. The van der Waals surface area contributed by atoms with Gasteiger partial charge >= 0.3 is 0 Å².